The van der Waals surface area contributed by atoms with Gasteiger partial charge >= 0.3 is 0 Å². The third kappa shape index (κ3) is 3.82. The van der Waals surface area contributed by atoms with Crippen LogP contribution >= 0.6 is 0 Å². The largest absolute Gasteiger partial charge is 0.496 e. The van der Waals surface area contributed by atoms with Crippen molar-refractivity contribution in [3.8, 4) is 16.9 Å². The average molecular weight is 287 g/mol. The fourth-order valence-electron chi connectivity index (χ4n) is 2.32. The summed E-state index contributed by atoms with van der Waals surface area (Å²) in [5.74, 6) is 0.633. The summed E-state index contributed by atoms with van der Waals surface area (Å²) in [5.41, 5.74) is 3.81. The molecule has 0 spiro atoms. The molecule has 2 aromatic carbocycles. The number of halogens is 1. The Hall–Kier alpha value is -1.87. The van der Waals surface area contributed by atoms with Gasteiger partial charge in [-0.05, 0) is 49.7 Å². The maximum atomic E-state index is 13.9. The van der Waals surface area contributed by atoms with Gasteiger partial charge in [-0.25, -0.2) is 4.39 Å². The topological polar surface area (TPSA) is 21.3 Å². The predicted octanol–water partition coefficient (Wildman–Crippen LogP) is 4.31. The lowest BCUT2D eigenvalue weighted by Gasteiger charge is -2.12. The molecule has 0 amide bonds. The minimum atomic E-state index is -0.172. The molecule has 2 aromatic rings. The highest BCUT2D eigenvalue weighted by atomic mass is 19.1. The zero-order valence-electron chi connectivity index (χ0n) is 12.9. The van der Waals surface area contributed by atoms with Crippen LogP contribution in [-0.2, 0) is 6.54 Å². The maximum absolute atomic E-state index is 13.9. The van der Waals surface area contributed by atoms with Gasteiger partial charge in [0.15, 0.2) is 0 Å². The second-order valence-electron chi connectivity index (χ2n) is 5.19. The molecule has 0 fully saturated rings. The van der Waals surface area contributed by atoms with Gasteiger partial charge in [-0.15, -0.1) is 0 Å². The van der Waals surface area contributed by atoms with Gasteiger partial charge in [0.05, 0.1) is 7.11 Å². The lowest BCUT2D eigenvalue weighted by Crippen LogP contribution is -2.14. The van der Waals surface area contributed by atoms with Gasteiger partial charge in [-0.2, -0.15) is 0 Å². The first-order valence-corrected chi connectivity index (χ1v) is 7.30. The summed E-state index contributed by atoms with van der Waals surface area (Å²) < 4.78 is 19.3. The highest BCUT2D eigenvalue weighted by molar-refractivity contribution is 5.71. The van der Waals surface area contributed by atoms with E-state index in [9.17, 15) is 4.39 Å². The summed E-state index contributed by atoms with van der Waals surface area (Å²) in [6.07, 6.45) is 1.03. The SMILES string of the molecule is CCCNCc1cc(-c2cc(C)ccc2OC)ccc1F. The number of hydrogen-bond acceptors (Lipinski definition) is 2. The molecule has 0 bridgehead atoms. The third-order valence-corrected chi connectivity index (χ3v) is 3.45. The summed E-state index contributed by atoms with van der Waals surface area (Å²) >= 11 is 0. The first-order valence-electron chi connectivity index (χ1n) is 7.30. The molecular weight excluding hydrogens is 265 g/mol. The molecule has 0 saturated heterocycles. The minimum absolute atomic E-state index is 0.172. The van der Waals surface area contributed by atoms with Crippen molar-refractivity contribution in [3.05, 3.63) is 53.3 Å². The van der Waals surface area contributed by atoms with Crippen molar-refractivity contribution < 1.29 is 9.13 Å². The summed E-state index contributed by atoms with van der Waals surface area (Å²) in [6.45, 7) is 5.56. The molecule has 0 heterocycles. The van der Waals surface area contributed by atoms with E-state index in [1.54, 1.807) is 13.2 Å². The van der Waals surface area contributed by atoms with E-state index in [2.05, 4.69) is 18.3 Å². The first kappa shape index (κ1) is 15.5. The van der Waals surface area contributed by atoms with Crippen molar-refractivity contribution in [3.63, 3.8) is 0 Å². The fourth-order valence-corrected chi connectivity index (χ4v) is 2.32. The number of methoxy groups -OCH3 is 1. The van der Waals surface area contributed by atoms with E-state index in [-0.39, 0.29) is 5.82 Å². The smallest absolute Gasteiger partial charge is 0.127 e. The molecule has 3 heteroatoms. The van der Waals surface area contributed by atoms with Crippen LogP contribution in [0, 0.1) is 12.7 Å². The molecule has 112 valence electrons. The van der Waals surface area contributed by atoms with E-state index in [0.717, 1.165) is 35.4 Å². The number of rotatable bonds is 6. The highest BCUT2D eigenvalue weighted by Gasteiger charge is 2.09. The molecule has 0 unspecified atom stereocenters. The van der Waals surface area contributed by atoms with Gasteiger partial charge in [0.2, 0.25) is 0 Å². The van der Waals surface area contributed by atoms with Crippen LogP contribution in [0.4, 0.5) is 4.39 Å². The van der Waals surface area contributed by atoms with Gasteiger partial charge < -0.3 is 10.1 Å². The van der Waals surface area contributed by atoms with Crippen molar-refractivity contribution >= 4 is 0 Å². The Labute approximate surface area is 126 Å². The number of ether oxygens (including phenoxy) is 1. The molecule has 1 N–H and O–H groups in total. The summed E-state index contributed by atoms with van der Waals surface area (Å²) in [4.78, 5) is 0. The normalized spacial score (nSPS) is 10.7. The highest BCUT2D eigenvalue weighted by Crippen LogP contribution is 2.31. The van der Waals surface area contributed by atoms with E-state index >= 15 is 0 Å². The first-order chi connectivity index (χ1) is 10.2. The molecule has 0 radical (unpaired) electrons. The molecule has 0 aliphatic rings. The number of nitrogens with one attached hydrogen (secondary N) is 1. The average Bonchev–Trinajstić information content (AvgIpc) is 2.49. The molecule has 0 saturated carbocycles. The molecule has 0 aromatic heterocycles. The van der Waals surface area contributed by atoms with Crippen LogP contribution in [0.15, 0.2) is 36.4 Å². The lowest BCUT2D eigenvalue weighted by atomic mass is 10.00. The standard InChI is InChI=1S/C18H22FNO/c1-4-9-20-12-15-11-14(6-7-17(15)19)16-10-13(2)5-8-18(16)21-3/h5-8,10-11,20H,4,9,12H2,1-3H3. The van der Waals surface area contributed by atoms with Crippen LogP contribution < -0.4 is 10.1 Å². The quantitative estimate of drug-likeness (QED) is 0.799. The Balaban J connectivity index is 2.36. The lowest BCUT2D eigenvalue weighted by molar-refractivity contribution is 0.416. The molecule has 2 nitrogen and oxygen atoms in total. The van der Waals surface area contributed by atoms with Crippen LogP contribution in [0.25, 0.3) is 11.1 Å². The van der Waals surface area contributed by atoms with Gasteiger partial charge in [0, 0.05) is 17.7 Å². The molecule has 2 rings (SSSR count). The van der Waals surface area contributed by atoms with Crippen molar-refractivity contribution in [2.45, 2.75) is 26.8 Å². The van der Waals surface area contributed by atoms with Crippen molar-refractivity contribution in [1.29, 1.82) is 0 Å². The fraction of sp³-hybridized carbons (Fsp3) is 0.333. The van der Waals surface area contributed by atoms with Gasteiger partial charge in [-0.3, -0.25) is 0 Å². The van der Waals surface area contributed by atoms with E-state index in [1.807, 2.05) is 25.1 Å². The van der Waals surface area contributed by atoms with Crippen LogP contribution in [0.5, 0.6) is 5.75 Å². The second-order valence-corrected chi connectivity index (χ2v) is 5.19. The van der Waals surface area contributed by atoms with E-state index < -0.39 is 0 Å². The summed E-state index contributed by atoms with van der Waals surface area (Å²) in [7, 11) is 1.65. The molecular formula is C18H22FNO. The van der Waals surface area contributed by atoms with Crippen molar-refractivity contribution in [2.75, 3.05) is 13.7 Å². The van der Waals surface area contributed by atoms with Gasteiger partial charge in [0.25, 0.3) is 0 Å². The zero-order valence-corrected chi connectivity index (χ0v) is 12.9. The number of aryl methyl sites for hydroxylation is 1. The Morgan fingerprint density at radius 1 is 1.14 bits per heavy atom. The van der Waals surface area contributed by atoms with E-state index in [1.165, 1.54) is 6.07 Å². The Bertz CT molecular complexity index is 610. The monoisotopic (exact) mass is 287 g/mol. The Morgan fingerprint density at radius 2 is 1.95 bits per heavy atom. The minimum Gasteiger partial charge on any atom is -0.496 e. The van der Waals surface area contributed by atoms with Crippen molar-refractivity contribution in [1.82, 2.24) is 5.32 Å². The van der Waals surface area contributed by atoms with E-state index in [0.29, 0.717) is 12.1 Å². The molecule has 0 atom stereocenters. The maximum Gasteiger partial charge on any atom is 0.127 e. The van der Waals surface area contributed by atoms with Crippen LogP contribution in [0.1, 0.15) is 24.5 Å². The predicted molar refractivity (Wildman–Crippen MR) is 85.1 cm³/mol. The molecule has 0 aliphatic heterocycles. The summed E-state index contributed by atoms with van der Waals surface area (Å²) in [6, 6.07) is 11.2. The Kier molecular flexibility index (Phi) is 5.34. The zero-order chi connectivity index (χ0) is 15.2. The van der Waals surface area contributed by atoms with Crippen LogP contribution in [0.2, 0.25) is 0 Å². The molecule has 0 aliphatic carbocycles. The van der Waals surface area contributed by atoms with Crippen LogP contribution in [-0.4, -0.2) is 13.7 Å². The van der Waals surface area contributed by atoms with Crippen LogP contribution in [0.3, 0.4) is 0 Å². The second kappa shape index (κ2) is 7.23. The number of hydrogen-bond donors (Lipinski definition) is 1. The summed E-state index contributed by atoms with van der Waals surface area (Å²) in [5, 5.41) is 3.24. The van der Waals surface area contributed by atoms with Gasteiger partial charge in [-0.1, -0.05) is 24.6 Å². The number of benzene rings is 2. The van der Waals surface area contributed by atoms with Crippen molar-refractivity contribution in [2.24, 2.45) is 0 Å². The van der Waals surface area contributed by atoms with Gasteiger partial charge in [0.1, 0.15) is 11.6 Å². The molecule has 21 heavy (non-hydrogen) atoms. The third-order valence-electron chi connectivity index (χ3n) is 3.45. The van der Waals surface area contributed by atoms with E-state index in [4.69, 9.17) is 4.74 Å². The Morgan fingerprint density at radius 3 is 2.67 bits per heavy atom.